The number of aliphatic hydroxyl groups excluding tert-OH is 1. The van der Waals surface area contributed by atoms with Crippen molar-refractivity contribution in [1.82, 2.24) is 10.6 Å². The Morgan fingerprint density at radius 3 is 1.81 bits per heavy atom. The maximum Gasteiger partial charge on any atom is 0.471 e. The number of benzene rings is 3. The first kappa shape index (κ1) is 33.4. The number of alkyl halides is 3. The zero-order valence-corrected chi connectivity index (χ0v) is 24.2. The fourth-order valence-electron chi connectivity index (χ4n) is 4.63. The summed E-state index contributed by atoms with van der Waals surface area (Å²) >= 11 is 0. The Morgan fingerprint density at radius 1 is 0.791 bits per heavy atom. The quantitative estimate of drug-likeness (QED) is 0.162. The van der Waals surface area contributed by atoms with Crippen LogP contribution >= 0.6 is 0 Å². The van der Waals surface area contributed by atoms with Gasteiger partial charge in [-0.2, -0.15) is 13.2 Å². The molecule has 43 heavy (non-hydrogen) atoms. The Morgan fingerprint density at radius 2 is 1.33 bits per heavy atom. The maximum absolute atomic E-state index is 12.6. The highest BCUT2D eigenvalue weighted by molar-refractivity contribution is 5.81. The molecule has 1 atom stereocenters. The molecule has 0 aliphatic heterocycles. The van der Waals surface area contributed by atoms with Gasteiger partial charge in [-0.1, -0.05) is 61.0 Å². The van der Waals surface area contributed by atoms with Crippen molar-refractivity contribution in [1.29, 1.82) is 0 Å². The van der Waals surface area contributed by atoms with E-state index < -0.39 is 23.7 Å². The van der Waals surface area contributed by atoms with Gasteiger partial charge in [-0.3, -0.25) is 9.59 Å². The normalized spacial score (nSPS) is 12.3. The molecule has 1 unspecified atom stereocenters. The van der Waals surface area contributed by atoms with Gasteiger partial charge in [-0.05, 0) is 53.8 Å². The van der Waals surface area contributed by atoms with Gasteiger partial charge in [0.05, 0.1) is 33.5 Å². The number of hydrogen-bond acceptors (Lipinski definition) is 6. The van der Waals surface area contributed by atoms with Crippen LogP contribution in [0.3, 0.4) is 0 Å². The molecule has 3 aromatic rings. The van der Waals surface area contributed by atoms with Gasteiger partial charge in [-0.15, -0.1) is 0 Å². The summed E-state index contributed by atoms with van der Waals surface area (Å²) in [6.45, 7) is -0.560. The second kappa shape index (κ2) is 15.9. The summed E-state index contributed by atoms with van der Waals surface area (Å²) < 4.78 is 54.2. The highest BCUT2D eigenvalue weighted by atomic mass is 19.4. The molecule has 8 nitrogen and oxygen atoms in total. The van der Waals surface area contributed by atoms with Crippen LogP contribution in [0.5, 0.6) is 11.5 Å². The van der Waals surface area contributed by atoms with Crippen LogP contribution in [0.4, 0.5) is 13.2 Å². The summed E-state index contributed by atoms with van der Waals surface area (Å²) in [6.07, 6.45) is -3.67. The third kappa shape index (κ3) is 9.20. The van der Waals surface area contributed by atoms with Crippen molar-refractivity contribution >= 4 is 11.8 Å². The lowest BCUT2D eigenvalue weighted by Gasteiger charge is -2.37. The summed E-state index contributed by atoms with van der Waals surface area (Å²) in [7, 11) is 3.17. The van der Waals surface area contributed by atoms with Gasteiger partial charge in [0.25, 0.3) is 0 Å². The number of methoxy groups -OCH3 is 2. The summed E-state index contributed by atoms with van der Waals surface area (Å²) in [5, 5.41) is 14.7. The van der Waals surface area contributed by atoms with Gasteiger partial charge >= 0.3 is 12.1 Å². The summed E-state index contributed by atoms with van der Waals surface area (Å²) in [5.41, 5.74) is 1.29. The molecule has 0 fully saturated rings. The smallest absolute Gasteiger partial charge is 0.471 e. The first-order valence-electron chi connectivity index (χ1n) is 13.9. The van der Waals surface area contributed by atoms with Gasteiger partial charge in [-0.25, -0.2) is 0 Å². The molecule has 0 saturated carbocycles. The number of carbonyl (C=O) groups is 2. The lowest BCUT2D eigenvalue weighted by molar-refractivity contribution is -0.173. The Labute approximate surface area is 249 Å². The lowest BCUT2D eigenvalue weighted by Crippen LogP contribution is -2.44. The van der Waals surface area contributed by atoms with Crippen molar-refractivity contribution in [3.8, 4) is 11.5 Å². The number of rotatable bonds is 16. The monoisotopic (exact) mass is 602 g/mol. The predicted octanol–water partition coefficient (Wildman–Crippen LogP) is 4.73. The minimum atomic E-state index is -4.92. The number of amides is 2. The van der Waals surface area contributed by atoms with Crippen molar-refractivity contribution in [3.05, 3.63) is 95.6 Å². The molecule has 0 aliphatic rings. The average molecular weight is 603 g/mol. The summed E-state index contributed by atoms with van der Waals surface area (Å²) in [6, 6.07) is 23.8. The Kier molecular flexibility index (Phi) is 12.4. The number of hydrogen-bond donors (Lipinski definition) is 3. The van der Waals surface area contributed by atoms with E-state index in [-0.39, 0.29) is 32.1 Å². The van der Waals surface area contributed by atoms with Crippen molar-refractivity contribution in [2.24, 2.45) is 0 Å². The van der Waals surface area contributed by atoms with E-state index >= 15 is 0 Å². The highest BCUT2D eigenvalue weighted by Gasteiger charge is 2.39. The number of carbonyl (C=O) groups excluding carboxylic acids is 2. The molecule has 232 valence electrons. The van der Waals surface area contributed by atoms with E-state index in [0.717, 1.165) is 16.7 Å². The molecule has 2 amide bonds. The SMILES string of the molecule is COc1ccc(C(OCC(CO)NC(=O)CCCCCNC(=O)C(F)(F)F)(c2ccccc2)c2ccc(OC)cc2)cc1. The van der Waals surface area contributed by atoms with Gasteiger partial charge in [0, 0.05) is 13.0 Å². The Balaban J connectivity index is 1.75. The molecule has 0 radical (unpaired) electrons. The second-order valence-electron chi connectivity index (χ2n) is 9.83. The largest absolute Gasteiger partial charge is 0.497 e. The third-order valence-corrected chi connectivity index (χ3v) is 6.88. The third-order valence-electron chi connectivity index (χ3n) is 6.88. The fraction of sp³-hybridized carbons (Fsp3) is 0.375. The van der Waals surface area contributed by atoms with Crippen LogP contribution in [0.15, 0.2) is 78.9 Å². The van der Waals surface area contributed by atoms with E-state index in [1.807, 2.05) is 84.2 Å². The van der Waals surface area contributed by atoms with Crippen molar-refractivity contribution < 1.29 is 42.1 Å². The van der Waals surface area contributed by atoms with E-state index in [9.17, 15) is 27.9 Å². The van der Waals surface area contributed by atoms with Crippen LogP contribution in [0.2, 0.25) is 0 Å². The number of nitrogens with one attached hydrogen (secondary N) is 2. The molecule has 0 saturated heterocycles. The van der Waals surface area contributed by atoms with E-state index in [2.05, 4.69) is 5.32 Å². The molecular formula is C32H37F3N2O6. The van der Waals surface area contributed by atoms with E-state index in [4.69, 9.17) is 14.2 Å². The number of ether oxygens (including phenoxy) is 3. The van der Waals surface area contributed by atoms with E-state index in [0.29, 0.717) is 30.8 Å². The molecule has 0 aliphatic carbocycles. The zero-order valence-electron chi connectivity index (χ0n) is 24.2. The number of unbranched alkanes of at least 4 members (excludes halogenated alkanes) is 2. The maximum atomic E-state index is 12.6. The minimum absolute atomic E-state index is 0.0430. The van der Waals surface area contributed by atoms with Crippen LogP contribution in [-0.2, 0) is 19.9 Å². The summed E-state index contributed by atoms with van der Waals surface area (Å²) in [5.74, 6) is -0.972. The molecule has 0 spiro atoms. The van der Waals surface area contributed by atoms with Crippen LogP contribution < -0.4 is 20.1 Å². The van der Waals surface area contributed by atoms with E-state index in [1.54, 1.807) is 14.2 Å². The number of halogens is 3. The first-order chi connectivity index (χ1) is 20.6. The summed E-state index contributed by atoms with van der Waals surface area (Å²) in [4.78, 5) is 23.5. The average Bonchev–Trinajstić information content (AvgIpc) is 3.02. The van der Waals surface area contributed by atoms with Gasteiger partial charge in [0.1, 0.15) is 17.1 Å². The van der Waals surface area contributed by atoms with Crippen LogP contribution in [-0.4, -0.2) is 63.1 Å². The van der Waals surface area contributed by atoms with Crippen LogP contribution in [0, 0.1) is 0 Å². The molecule has 0 bridgehead atoms. The minimum Gasteiger partial charge on any atom is -0.497 e. The zero-order chi connectivity index (χ0) is 31.3. The molecule has 3 N–H and O–H groups in total. The van der Waals surface area contributed by atoms with E-state index in [1.165, 1.54) is 0 Å². The Bertz CT molecular complexity index is 1240. The molecular weight excluding hydrogens is 565 g/mol. The predicted molar refractivity (Wildman–Crippen MR) is 155 cm³/mol. The number of aliphatic hydroxyl groups is 1. The molecule has 11 heteroatoms. The Hall–Kier alpha value is -4.09. The standard InChI is InChI=1S/C32H37F3N2O6/c1-41-27-16-12-24(13-17-27)31(23-9-5-3-6-10-23,25-14-18-28(42-2)19-15-25)43-22-26(21-38)37-29(39)11-7-4-8-20-36-30(40)32(33,34)35/h3,5-6,9-10,12-19,26,38H,4,7-8,11,20-22H2,1-2H3,(H,36,40)(H,37,39). The highest BCUT2D eigenvalue weighted by Crippen LogP contribution is 2.41. The van der Waals surface area contributed by atoms with Gasteiger partial charge in [0.15, 0.2) is 0 Å². The van der Waals surface area contributed by atoms with Crippen LogP contribution in [0.25, 0.3) is 0 Å². The lowest BCUT2D eigenvalue weighted by atomic mass is 9.80. The molecule has 0 aromatic heterocycles. The van der Waals surface area contributed by atoms with Crippen molar-refractivity contribution in [2.45, 2.75) is 43.5 Å². The van der Waals surface area contributed by atoms with Gasteiger partial charge in [0.2, 0.25) is 5.91 Å². The fourth-order valence-corrected chi connectivity index (χ4v) is 4.63. The molecule has 3 rings (SSSR count). The topological polar surface area (TPSA) is 106 Å². The van der Waals surface area contributed by atoms with Crippen molar-refractivity contribution in [2.75, 3.05) is 34.0 Å². The van der Waals surface area contributed by atoms with Crippen molar-refractivity contribution in [3.63, 3.8) is 0 Å². The van der Waals surface area contributed by atoms with Crippen LogP contribution in [0.1, 0.15) is 42.4 Å². The first-order valence-corrected chi connectivity index (χ1v) is 13.9. The second-order valence-corrected chi connectivity index (χ2v) is 9.83. The molecule has 0 heterocycles. The van der Waals surface area contributed by atoms with Gasteiger partial charge < -0.3 is 30.0 Å². The molecule has 3 aromatic carbocycles.